The summed E-state index contributed by atoms with van der Waals surface area (Å²) in [4.78, 5) is 34.6. The summed E-state index contributed by atoms with van der Waals surface area (Å²) in [5, 5.41) is 7.83. The first-order valence-electron chi connectivity index (χ1n) is 9.71. The Morgan fingerprint density at radius 3 is 2.62 bits per heavy atom. The van der Waals surface area contributed by atoms with Crippen LogP contribution >= 0.6 is 0 Å². The number of H-pyrrole nitrogens is 1. The monoisotopic (exact) mass is 396 g/mol. The molecule has 1 aliphatic heterocycles. The Bertz CT molecular complexity index is 1050. The van der Waals surface area contributed by atoms with Gasteiger partial charge in [-0.25, -0.2) is 4.68 Å². The molecular formula is C20H24N6O3. The van der Waals surface area contributed by atoms with Crippen molar-refractivity contribution in [1.29, 1.82) is 0 Å². The highest BCUT2D eigenvalue weighted by Gasteiger charge is 2.29. The third kappa shape index (κ3) is 3.86. The lowest BCUT2D eigenvalue weighted by atomic mass is 10.0. The second kappa shape index (κ2) is 8.04. The minimum absolute atomic E-state index is 0.00498. The topological polar surface area (TPSA) is 105 Å². The predicted octanol–water partition coefficient (Wildman–Crippen LogP) is 1.40. The van der Waals surface area contributed by atoms with Gasteiger partial charge in [0.15, 0.2) is 5.65 Å². The van der Waals surface area contributed by atoms with E-state index < -0.39 is 6.04 Å². The molecule has 2 N–H and O–H groups in total. The molecule has 1 aromatic carbocycles. The van der Waals surface area contributed by atoms with Crippen LogP contribution in [-0.4, -0.2) is 62.9 Å². The van der Waals surface area contributed by atoms with Crippen LogP contribution < -0.4 is 10.9 Å². The maximum absolute atomic E-state index is 13.0. The maximum Gasteiger partial charge on any atom is 0.263 e. The molecule has 0 radical (unpaired) electrons. The summed E-state index contributed by atoms with van der Waals surface area (Å²) in [6, 6.07) is 8.97. The quantitative estimate of drug-likeness (QED) is 0.676. The molecule has 0 spiro atoms. The number of ether oxygens (including phenoxy) is 1. The van der Waals surface area contributed by atoms with Crippen LogP contribution in [0.4, 0.5) is 5.95 Å². The third-order valence-electron chi connectivity index (χ3n) is 4.99. The lowest BCUT2D eigenvalue weighted by Gasteiger charge is -2.32. The average Bonchev–Trinajstić information content (AvgIpc) is 3.17. The summed E-state index contributed by atoms with van der Waals surface area (Å²) >= 11 is 0. The van der Waals surface area contributed by atoms with E-state index in [0.29, 0.717) is 37.3 Å². The standard InChI is InChI=1S/C20H24N6O3/c1-13(2)16(19(28)25-8-10-29-11-9-25)22-20-23-17-15(18(27)24-20)12-21-26(17)14-6-4-3-5-7-14/h3-7,12-13,16H,8-11H2,1-2H3,(H2,22,23,24,27). The van der Waals surface area contributed by atoms with Crippen molar-refractivity contribution in [3.63, 3.8) is 0 Å². The third-order valence-corrected chi connectivity index (χ3v) is 4.99. The summed E-state index contributed by atoms with van der Waals surface area (Å²) in [7, 11) is 0. The molecule has 1 amide bonds. The number of nitrogens with zero attached hydrogens (tertiary/aromatic N) is 4. The average molecular weight is 396 g/mol. The number of amides is 1. The number of anilines is 1. The first-order chi connectivity index (χ1) is 14.0. The van der Waals surface area contributed by atoms with Gasteiger partial charge in [0.25, 0.3) is 5.56 Å². The van der Waals surface area contributed by atoms with Crippen molar-refractivity contribution in [2.45, 2.75) is 19.9 Å². The molecule has 0 bridgehead atoms. The number of fused-ring (bicyclic) bond motifs is 1. The number of para-hydroxylation sites is 1. The van der Waals surface area contributed by atoms with Gasteiger partial charge in [-0.3, -0.25) is 14.6 Å². The van der Waals surface area contributed by atoms with Crippen LogP contribution in [0.3, 0.4) is 0 Å². The van der Waals surface area contributed by atoms with Gasteiger partial charge in [-0.05, 0) is 18.1 Å². The molecule has 4 rings (SSSR count). The van der Waals surface area contributed by atoms with Gasteiger partial charge in [0, 0.05) is 13.1 Å². The Kier molecular flexibility index (Phi) is 5.30. The predicted molar refractivity (Wildman–Crippen MR) is 109 cm³/mol. The van der Waals surface area contributed by atoms with E-state index in [1.807, 2.05) is 44.2 Å². The fraction of sp³-hybridized carbons (Fsp3) is 0.400. The maximum atomic E-state index is 13.0. The van der Waals surface area contributed by atoms with E-state index >= 15 is 0 Å². The zero-order valence-corrected chi connectivity index (χ0v) is 16.5. The number of carbonyl (C=O) groups is 1. The molecule has 1 unspecified atom stereocenters. The summed E-state index contributed by atoms with van der Waals surface area (Å²) in [6.45, 7) is 6.12. The Morgan fingerprint density at radius 1 is 1.21 bits per heavy atom. The van der Waals surface area contributed by atoms with Crippen LogP contribution in [0.15, 0.2) is 41.3 Å². The van der Waals surface area contributed by atoms with Crippen LogP contribution in [-0.2, 0) is 9.53 Å². The number of benzene rings is 1. The van der Waals surface area contributed by atoms with Gasteiger partial charge in [-0.2, -0.15) is 10.1 Å². The zero-order chi connectivity index (χ0) is 20.4. The first kappa shape index (κ1) is 19.1. The molecule has 1 saturated heterocycles. The fourth-order valence-corrected chi connectivity index (χ4v) is 3.39. The van der Waals surface area contributed by atoms with Gasteiger partial charge < -0.3 is 15.0 Å². The second-order valence-electron chi connectivity index (χ2n) is 7.35. The Morgan fingerprint density at radius 2 is 1.93 bits per heavy atom. The van der Waals surface area contributed by atoms with E-state index in [2.05, 4.69) is 20.4 Å². The summed E-state index contributed by atoms with van der Waals surface area (Å²) in [5.41, 5.74) is 0.932. The fourth-order valence-electron chi connectivity index (χ4n) is 3.39. The normalized spacial score (nSPS) is 15.6. The number of hydrogen-bond acceptors (Lipinski definition) is 6. The molecule has 9 heteroatoms. The van der Waals surface area contributed by atoms with Gasteiger partial charge in [-0.1, -0.05) is 32.0 Å². The zero-order valence-electron chi connectivity index (χ0n) is 16.5. The minimum atomic E-state index is -0.512. The van der Waals surface area contributed by atoms with E-state index in [9.17, 15) is 9.59 Å². The van der Waals surface area contributed by atoms with Gasteiger partial charge in [0.1, 0.15) is 11.4 Å². The van der Waals surface area contributed by atoms with Crippen molar-refractivity contribution in [3.8, 4) is 5.69 Å². The van der Waals surface area contributed by atoms with Crippen molar-refractivity contribution in [3.05, 3.63) is 46.9 Å². The molecule has 1 aliphatic rings. The van der Waals surface area contributed by atoms with Crippen LogP contribution in [0.25, 0.3) is 16.7 Å². The van der Waals surface area contributed by atoms with Crippen LogP contribution in [0.1, 0.15) is 13.8 Å². The molecule has 9 nitrogen and oxygen atoms in total. The molecule has 29 heavy (non-hydrogen) atoms. The van der Waals surface area contributed by atoms with E-state index in [1.165, 1.54) is 6.20 Å². The lowest BCUT2D eigenvalue weighted by Crippen LogP contribution is -2.50. The van der Waals surface area contributed by atoms with Gasteiger partial charge in [0.2, 0.25) is 11.9 Å². The van der Waals surface area contributed by atoms with Crippen molar-refractivity contribution in [2.24, 2.45) is 5.92 Å². The first-order valence-corrected chi connectivity index (χ1v) is 9.71. The molecule has 3 heterocycles. The van der Waals surface area contributed by atoms with E-state index in [0.717, 1.165) is 5.69 Å². The SMILES string of the molecule is CC(C)C(Nc1nc2c(cnn2-c2ccccc2)c(=O)[nH]1)C(=O)N1CCOCC1. The number of aromatic amines is 1. The summed E-state index contributed by atoms with van der Waals surface area (Å²) < 4.78 is 6.95. The minimum Gasteiger partial charge on any atom is -0.378 e. The van der Waals surface area contributed by atoms with E-state index in [4.69, 9.17) is 4.74 Å². The van der Waals surface area contributed by atoms with Crippen LogP contribution in [0.5, 0.6) is 0 Å². The molecule has 0 saturated carbocycles. The van der Waals surface area contributed by atoms with Crippen molar-refractivity contribution in [2.75, 3.05) is 31.6 Å². The molecule has 152 valence electrons. The van der Waals surface area contributed by atoms with Gasteiger partial charge >= 0.3 is 0 Å². The highest BCUT2D eigenvalue weighted by molar-refractivity contribution is 5.85. The van der Waals surface area contributed by atoms with Crippen molar-refractivity contribution in [1.82, 2.24) is 24.6 Å². The van der Waals surface area contributed by atoms with E-state index in [1.54, 1.807) is 9.58 Å². The molecular weight excluding hydrogens is 372 g/mol. The number of rotatable bonds is 5. The van der Waals surface area contributed by atoms with Gasteiger partial charge in [0.05, 0.1) is 25.1 Å². The Balaban J connectivity index is 1.67. The second-order valence-corrected chi connectivity index (χ2v) is 7.35. The Labute approximate surface area is 167 Å². The summed E-state index contributed by atoms with van der Waals surface area (Å²) in [5.74, 6) is 0.230. The highest BCUT2D eigenvalue weighted by Crippen LogP contribution is 2.17. The molecule has 0 aliphatic carbocycles. The largest absolute Gasteiger partial charge is 0.378 e. The Hall–Kier alpha value is -3.20. The number of hydrogen-bond donors (Lipinski definition) is 2. The van der Waals surface area contributed by atoms with Gasteiger partial charge in [-0.15, -0.1) is 0 Å². The molecule has 1 fully saturated rings. The number of aromatic nitrogens is 4. The molecule has 2 aromatic heterocycles. The summed E-state index contributed by atoms with van der Waals surface area (Å²) in [6.07, 6.45) is 1.50. The number of carbonyl (C=O) groups excluding carboxylic acids is 1. The van der Waals surface area contributed by atoms with Crippen LogP contribution in [0.2, 0.25) is 0 Å². The number of nitrogens with one attached hydrogen (secondary N) is 2. The van der Waals surface area contributed by atoms with Crippen LogP contribution in [0, 0.1) is 5.92 Å². The molecule has 1 atom stereocenters. The van der Waals surface area contributed by atoms with Crippen molar-refractivity contribution < 1.29 is 9.53 Å². The van der Waals surface area contributed by atoms with E-state index in [-0.39, 0.29) is 23.3 Å². The highest BCUT2D eigenvalue weighted by atomic mass is 16.5. The molecule has 3 aromatic rings. The smallest absolute Gasteiger partial charge is 0.263 e. The lowest BCUT2D eigenvalue weighted by molar-refractivity contribution is -0.137. The van der Waals surface area contributed by atoms with Crippen molar-refractivity contribution >= 4 is 22.9 Å². The number of morpholine rings is 1.